The van der Waals surface area contributed by atoms with Crippen molar-refractivity contribution in [2.75, 3.05) is 0 Å². The first kappa shape index (κ1) is 14.2. The Morgan fingerprint density at radius 1 is 1.23 bits per heavy atom. The van der Waals surface area contributed by atoms with E-state index in [-0.39, 0.29) is 12.3 Å². The molecule has 0 fully saturated rings. The second-order valence-corrected chi connectivity index (χ2v) is 5.26. The number of ether oxygens (including phenoxy) is 1. The Hall–Kier alpha value is -2.80. The minimum Gasteiger partial charge on any atom is -0.487 e. The van der Waals surface area contributed by atoms with Crippen molar-refractivity contribution in [1.82, 2.24) is 9.97 Å². The number of non-ortho nitro benzene ring substituents is 1. The molecule has 2 heterocycles. The van der Waals surface area contributed by atoms with Gasteiger partial charge in [-0.2, -0.15) is 0 Å². The molecule has 0 aliphatic carbocycles. The van der Waals surface area contributed by atoms with Crippen molar-refractivity contribution in [1.29, 1.82) is 0 Å². The van der Waals surface area contributed by atoms with Crippen LogP contribution in [0.4, 0.5) is 5.69 Å². The molecule has 0 bridgehead atoms. The minimum absolute atomic E-state index is 0.00459. The lowest BCUT2D eigenvalue weighted by atomic mass is 10.3. The first-order chi connectivity index (χ1) is 10.7. The summed E-state index contributed by atoms with van der Waals surface area (Å²) in [5.41, 5.74) is 1.58. The molecule has 3 rings (SSSR count). The molecule has 7 heteroatoms. The summed E-state index contributed by atoms with van der Waals surface area (Å²) < 4.78 is 5.55. The quantitative estimate of drug-likeness (QED) is 0.530. The number of hydrogen-bond acceptors (Lipinski definition) is 6. The third-order valence-corrected chi connectivity index (χ3v) is 3.76. The molecular weight excluding hydrogens is 302 g/mol. The Kier molecular flexibility index (Phi) is 4.06. The predicted octanol–water partition coefficient (Wildman–Crippen LogP) is 3.69. The molecule has 0 unspecified atom stereocenters. The van der Waals surface area contributed by atoms with Crippen LogP contribution in [-0.4, -0.2) is 14.9 Å². The number of rotatable bonds is 5. The summed E-state index contributed by atoms with van der Waals surface area (Å²) in [6.45, 7) is 0.254. The van der Waals surface area contributed by atoms with E-state index in [0.29, 0.717) is 5.75 Å². The number of pyridine rings is 1. The first-order valence-electron chi connectivity index (χ1n) is 6.45. The van der Waals surface area contributed by atoms with Crippen LogP contribution >= 0.6 is 11.3 Å². The monoisotopic (exact) mass is 313 g/mol. The zero-order valence-corrected chi connectivity index (χ0v) is 12.2. The topological polar surface area (TPSA) is 78.2 Å². The van der Waals surface area contributed by atoms with E-state index in [1.807, 2.05) is 23.6 Å². The van der Waals surface area contributed by atoms with Crippen LogP contribution in [0.25, 0.3) is 10.7 Å². The number of aromatic nitrogens is 2. The molecule has 0 amide bonds. The van der Waals surface area contributed by atoms with Gasteiger partial charge in [0.2, 0.25) is 0 Å². The third kappa shape index (κ3) is 3.26. The van der Waals surface area contributed by atoms with Gasteiger partial charge in [0, 0.05) is 17.6 Å². The standard InChI is InChI=1S/C15H11N3O3S/c19-18(20)12-4-3-5-13(8-12)21-9-11-10-22-15(17-11)14-6-1-2-7-16-14/h1-8,10H,9H2. The van der Waals surface area contributed by atoms with E-state index in [4.69, 9.17) is 4.74 Å². The molecule has 0 saturated carbocycles. The van der Waals surface area contributed by atoms with Crippen molar-refractivity contribution in [2.45, 2.75) is 6.61 Å². The predicted molar refractivity (Wildman–Crippen MR) is 82.8 cm³/mol. The van der Waals surface area contributed by atoms with Gasteiger partial charge in [-0.05, 0) is 18.2 Å². The maximum atomic E-state index is 10.7. The summed E-state index contributed by atoms with van der Waals surface area (Å²) in [5.74, 6) is 0.446. The summed E-state index contributed by atoms with van der Waals surface area (Å²) in [4.78, 5) is 19.0. The molecule has 0 spiro atoms. The van der Waals surface area contributed by atoms with Crippen LogP contribution in [0.1, 0.15) is 5.69 Å². The molecule has 0 aliphatic heterocycles. The number of benzene rings is 1. The lowest BCUT2D eigenvalue weighted by Crippen LogP contribution is -1.96. The Balaban J connectivity index is 1.69. The van der Waals surface area contributed by atoms with Crippen LogP contribution in [0.5, 0.6) is 5.75 Å². The van der Waals surface area contributed by atoms with Crippen molar-refractivity contribution in [3.05, 3.63) is 69.8 Å². The third-order valence-electron chi connectivity index (χ3n) is 2.85. The molecule has 0 aliphatic rings. The highest BCUT2D eigenvalue weighted by Crippen LogP contribution is 2.23. The van der Waals surface area contributed by atoms with E-state index >= 15 is 0 Å². The molecule has 2 aromatic heterocycles. The fraction of sp³-hybridized carbons (Fsp3) is 0.0667. The van der Waals surface area contributed by atoms with Crippen molar-refractivity contribution in [2.24, 2.45) is 0 Å². The minimum atomic E-state index is -0.450. The van der Waals surface area contributed by atoms with Crippen LogP contribution in [0.2, 0.25) is 0 Å². The molecule has 0 saturated heterocycles. The first-order valence-corrected chi connectivity index (χ1v) is 7.33. The molecule has 3 aromatic rings. The molecule has 0 atom stereocenters. The van der Waals surface area contributed by atoms with Gasteiger partial charge in [-0.25, -0.2) is 4.98 Å². The average molecular weight is 313 g/mol. The average Bonchev–Trinajstić information content (AvgIpc) is 3.03. The summed E-state index contributed by atoms with van der Waals surface area (Å²) in [7, 11) is 0. The van der Waals surface area contributed by atoms with Gasteiger partial charge >= 0.3 is 0 Å². The lowest BCUT2D eigenvalue weighted by molar-refractivity contribution is -0.384. The smallest absolute Gasteiger partial charge is 0.273 e. The van der Waals surface area contributed by atoms with Crippen LogP contribution in [-0.2, 0) is 6.61 Å². The molecule has 22 heavy (non-hydrogen) atoms. The molecule has 1 aromatic carbocycles. The summed E-state index contributed by atoms with van der Waals surface area (Å²) >= 11 is 1.48. The fourth-order valence-electron chi connectivity index (χ4n) is 1.82. The highest BCUT2D eigenvalue weighted by atomic mass is 32.1. The molecule has 0 radical (unpaired) electrons. The van der Waals surface area contributed by atoms with Gasteiger partial charge in [-0.1, -0.05) is 12.1 Å². The van der Waals surface area contributed by atoms with E-state index in [9.17, 15) is 10.1 Å². The van der Waals surface area contributed by atoms with Crippen LogP contribution < -0.4 is 4.74 Å². The molecular formula is C15H11N3O3S. The fourth-order valence-corrected chi connectivity index (χ4v) is 2.60. The van der Waals surface area contributed by atoms with Crippen molar-refractivity contribution in [3.63, 3.8) is 0 Å². The highest BCUT2D eigenvalue weighted by molar-refractivity contribution is 7.13. The zero-order chi connectivity index (χ0) is 15.4. The maximum absolute atomic E-state index is 10.7. The second-order valence-electron chi connectivity index (χ2n) is 4.40. The number of nitro groups is 1. The lowest BCUT2D eigenvalue weighted by Gasteiger charge is -2.03. The zero-order valence-electron chi connectivity index (χ0n) is 11.4. The molecule has 110 valence electrons. The number of hydrogen-bond donors (Lipinski definition) is 0. The van der Waals surface area contributed by atoms with Crippen molar-refractivity contribution in [3.8, 4) is 16.5 Å². The maximum Gasteiger partial charge on any atom is 0.273 e. The van der Waals surface area contributed by atoms with Crippen LogP contribution in [0.15, 0.2) is 54.0 Å². The second kappa shape index (κ2) is 6.31. The largest absolute Gasteiger partial charge is 0.487 e. The Labute approximate surface area is 130 Å². The molecule has 6 nitrogen and oxygen atoms in total. The summed E-state index contributed by atoms with van der Waals surface area (Å²) in [6.07, 6.45) is 1.72. The summed E-state index contributed by atoms with van der Waals surface area (Å²) in [5, 5.41) is 13.4. The van der Waals surface area contributed by atoms with Gasteiger partial charge < -0.3 is 4.74 Å². The van der Waals surface area contributed by atoms with Gasteiger partial charge in [0.1, 0.15) is 17.4 Å². The van der Waals surface area contributed by atoms with Crippen LogP contribution in [0, 0.1) is 10.1 Å². The van der Waals surface area contributed by atoms with E-state index in [1.54, 1.807) is 18.3 Å². The highest BCUT2D eigenvalue weighted by Gasteiger charge is 2.08. The van der Waals surface area contributed by atoms with Crippen LogP contribution in [0.3, 0.4) is 0 Å². The SMILES string of the molecule is O=[N+]([O-])c1cccc(OCc2csc(-c3ccccn3)n2)c1. The van der Waals surface area contributed by atoms with E-state index in [1.165, 1.54) is 23.5 Å². The Morgan fingerprint density at radius 3 is 2.91 bits per heavy atom. The van der Waals surface area contributed by atoms with E-state index in [0.717, 1.165) is 16.4 Å². The summed E-state index contributed by atoms with van der Waals surface area (Å²) in [6, 6.07) is 11.7. The van der Waals surface area contributed by atoms with Gasteiger partial charge in [0.25, 0.3) is 5.69 Å². The van der Waals surface area contributed by atoms with Gasteiger partial charge in [-0.3, -0.25) is 15.1 Å². The van der Waals surface area contributed by atoms with Crippen molar-refractivity contribution >= 4 is 17.0 Å². The Bertz CT molecular complexity index is 789. The van der Waals surface area contributed by atoms with E-state index in [2.05, 4.69) is 9.97 Å². The van der Waals surface area contributed by atoms with E-state index < -0.39 is 4.92 Å². The van der Waals surface area contributed by atoms with Gasteiger partial charge in [-0.15, -0.1) is 11.3 Å². The van der Waals surface area contributed by atoms with Gasteiger partial charge in [0.15, 0.2) is 0 Å². The normalized spacial score (nSPS) is 10.4. The van der Waals surface area contributed by atoms with Gasteiger partial charge in [0.05, 0.1) is 22.4 Å². The van der Waals surface area contributed by atoms with Crippen molar-refractivity contribution < 1.29 is 9.66 Å². The number of thiazole rings is 1. The Morgan fingerprint density at radius 2 is 2.14 bits per heavy atom. The number of nitrogens with zero attached hydrogens (tertiary/aromatic N) is 3. The number of nitro benzene ring substituents is 1. The molecule has 0 N–H and O–H groups in total.